The first-order valence-corrected chi connectivity index (χ1v) is 6.13. The van der Waals surface area contributed by atoms with Gasteiger partial charge in [-0.2, -0.15) is 0 Å². The van der Waals surface area contributed by atoms with Crippen molar-refractivity contribution in [3.63, 3.8) is 0 Å². The first-order valence-electron chi connectivity index (χ1n) is 4.07. The van der Waals surface area contributed by atoms with Gasteiger partial charge in [0.15, 0.2) is 9.84 Å². The molecule has 0 saturated carbocycles. The van der Waals surface area contributed by atoms with E-state index in [1.807, 2.05) is 6.92 Å². The third kappa shape index (κ3) is 3.14. The summed E-state index contributed by atoms with van der Waals surface area (Å²) in [6.45, 7) is 2.78. The van der Waals surface area contributed by atoms with Gasteiger partial charge in [0.1, 0.15) is 17.9 Å². The molecule has 0 bridgehead atoms. The lowest BCUT2D eigenvalue weighted by atomic mass is 10.5. The molecular formula is C7H13N3O2S. The summed E-state index contributed by atoms with van der Waals surface area (Å²) in [5, 5.41) is 7.43. The fraction of sp³-hybridized carbons (Fsp3) is 0.714. The van der Waals surface area contributed by atoms with Crippen molar-refractivity contribution in [3.05, 3.63) is 12.2 Å². The fourth-order valence-electron chi connectivity index (χ4n) is 1.05. The molecule has 1 aromatic heterocycles. The number of sulfone groups is 1. The van der Waals surface area contributed by atoms with Gasteiger partial charge in [-0.3, -0.25) is 0 Å². The zero-order valence-electron chi connectivity index (χ0n) is 7.77. The standard InChI is InChI=1S/C7H13N3O2S/c1-3-4-10-6-8-9-7(10)5-13(2,11)12/h6H,3-5H2,1-2H3. The largest absolute Gasteiger partial charge is 0.317 e. The summed E-state index contributed by atoms with van der Waals surface area (Å²) in [7, 11) is -3.01. The zero-order valence-corrected chi connectivity index (χ0v) is 8.58. The third-order valence-corrected chi connectivity index (χ3v) is 2.33. The highest BCUT2D eigenvalue weighted by Gasteiger charge is 2.10. The maximum Gasteiger partial charge on any atom is 0.154 e. The Morgan fingerprint density at radius 3 is 2.77 bits per heavy atom. The topological polar surface area (TPSA) is 64.8 Å². The highest BCUT2D eigenvalue weighted by Crippen LogP contribution is 2.01. The minimum atomic E-state index is -3.01. The maximum absolute atomic E-state index is 11.0. The van der Waals surface area contributed by atoms with Crippen LogP contribution in [0.3, 0.4) is 0 Å². The lowest BCUT2D eigenvalue weighted by Gasteiger charge is -2.02. The normalized spacial score (nSPS) is 11.8. The highest BCUT2D eigenvalue weighted by atomic mass is 32.2. The van der Waals surface area contributed by atoms with Gasteiger partial charge in [-0.15, -0.1) is 10.2 Å². The Labute approximate surface area is 77.7 Å². The number of aromatic nitrogens is 3. The molecule has 13 heavy (non-hydrogen) atoms. The third-order valence-electron chi connectivity index (χ3n) is 1.55. The number of nitrogens with zero attached hydrogens (tertiary/aromatic N) is 3. The Morgan fingerprint density at radius 1 is 1.54 bits per heavy atom. The number of rotatable bonds is 4. The van der Waals surface area contributed by atoms with Crippen LogP contribution in [0.25, 0.3) is 0 Å². The van der Waals surface area contributed by atoms with Crippen molar-refractivity contribution in [2.24, 2.45) is 0 Å². The molecule has 0 radical (unpaired) electrons. The molecular weight excluding hydrogens is 190 g/mol. The molecule has 1 heterocycles. The van der Waals surface area contributed by atoms with Crippen LogP contribution in [0.15, 0.2) is 6.33 Å². The predicted octanol–water partition coefficient (Wildman–Crippen LogP) is 0.233. The van der Waals surface area contributed by atoms with E-state index in [2.05, 4.69) is 10.2 Å². The van der Waals surface area contributed by atoms with Crippen molar-refractivity contribution in [3.8, 4) is 0 Å². The molecule has 1 rings (SSSR count). The Bertz CT molecular complexity index is 369. The van der Waals surface area contributed by atoms with Crippen LogP contribution in [0.5, 0.6) is 0 Å². The van der Waals surface area contributed by atoms with Crippen LogP contribution in [0.2, 0.25) is 0 Å². The van der Waals surface area contributed by atoms with Crippen molar-refractivity contribution in [2.75, 3.05) is 6.26 Å². The summed E-state index contributed by atoms with van der Waals surface area (Å²) in [5.41, 5.74) is 0. The molecule has 0 N–H and O–H groups in total. The van der Waals surface area contributed by atoms with Gasteiger partial charge in [-0.05, 0) is 6.42 Å². The molecule has 0 unspecified atom stereocenters. The maximum atomic E-state index is 11.0. The summed E-state index contributed by atoms with van der Waals surface area (Å²) >= 11 is 0. The molecule has 0 aromatic carbocycles. The minimum absolute atomic E-state index is 0.0347. The quantitative estimate of drug-likeness (QED) is 0.702. The second kappa shape index (κ2) is 3.87. The summed E-state index contributed by atoms with van der Waals surface area (Å²) in [5.74, 6) is 0.483. The van der Waals surface area contributed by atoms with E-state index in [9.17, 15) is 8.42 Å². The molecule has 5 nitrogen and oxygen atoms in total. The smallest absolute Gasteiger partial charge is 0.154 e. The molecule has 0 aliphatic rings. The van der Waals surface area contributed by atoms with E-state index < -0.39 is 9.84 Å². The second-order valence-corrected chi connectivity index (χ2v) is 5.15. The lowest BCUT2D eigenvalue weighted by molar-refractivity contribution is 0.593. The van der Waals surface area contributed by atoms with Crippen molar-refractivity contribution in [2.45, 2.75) is 25.6 Å². The Morgan fingerprint density at radius 2 is 2.23 bits per heavy atom. The van der Waals surface area contributed by atoms with E-state index in [4.69, 9.17) is 0 Å². The Hall–Kier alpha value is -0.910. The van der Waals surface area contributed by atoms with Gasteiger partial charge in [0, 0.05) is 12.8 Å². The average molecular weight is 203 g/mol. The summed E-state index contributed by atoms with van der Waals surface area (Å²) in [6, 6.07) is 0. The molecule has 74 valence electrons. The molecule has 0 atom stereocenters. The van der Waals surface area contributed by atoms with Crippen LogP contribution >= 0.6 is 0 Å². The molecule has 0 spiro atoms. The second-order valence-electron chi connectivity index (χ2n) is 3.01. The molecule has 0 saturated heterocycles. The van der Waals surface area contributed by atoms with Crippen LogP contribution in [-0.2, 0) is 22.1 Å². The van der Waals surface area contributed by atoms with E-state index >= 15 is 0 Å². The zero-order chi connectivity index (χ0) is 9.90. The lowest BCUT2D eigenvalue weighted by Crippen LogP contribution is -2.08. The number of hydrogen-bond acceptors (Lipinski definition) is 4. The minimum Gasteiger partial charge on any atom is -0.317 e. The summed E-state index contributed by atoms with van der Waals surface area (Å²) < 4.78 is 23.7. The van der Waals surface area contributed by atoms with E-state index in [-0.39, 0.29) is 5.75 Å². The molecule has 0 aliphatic heterocycles. The summed E-state index contributed by atoms with van der Waals surface area (Å²) in [4.78, 5) is 0. The number of aryl methyl sites for hydroxylation is 1. The van der Waals surface area contributed by atoms with Crippen LogP contribution in [0, 0.1) is 0 Å². The van der Waals surface area contributed by atoms with Gasteiger partial charge >= 0.3 is 0 Å². The monoisotopic (exact) mass is 203 g/mol. The number of hydrogen-bond donors (Lipinski definition) is 0. The van der Waals surface area contributed by atoms with Crippen LogP contribution < -0.4 is 0 Å². The Kier molecular flexibility index (Phi) is 3.02. The van der Waals surface area contributed by atoms with Crippen LogP contribution in [0.4, 0.5) is 0 Å². The van der Waals surface area contributed by atoms with E-state index in [0.29, 0.717) is 5.82 Å². The molecule has 6 heteroatoms. The molecule has 0 fully saturated rings. The van der Waals surface area contributed by atoms with E-state index in [1.54, 1.807) is 10.9 Å². The molecule has 1 aromatic rings. The van der Waals surface area contributed by atoms with Gasteiger partial charge in [-0.1, -0.05) is 6.92 Å². The van der Waals surface area contributed by atoms with Crippen molar-refractivity contribution < 1.29 is 8.42 Å². The van der Waals surface area contributed by atoms with E-state index in [1.165, 1.54) is 6.26 Å². The van der Waals surface area contributed by atoms with Gasteiger partial charge in [0.2, 0.25) is 0 Å². The average Bonchev–Trinajstić information content (AvgIpc) is 2.34. The molecule has 0 amide bonds. The van der Waals surface area contributed by atoms with Crippen LogP contribution in [-0.4, -0.2) is 29.4 Å². The Balaban J connectivity index is 2.82. The highest BCUT2D eigenvalue weighted by molar-refractivity contribution is 7.89. The van der Waals surface area contributed by atoms with Gasteiger partial charge in [-0.25, -0.2) is 8.42 Å². The fourth-order valence-corrected chi connectivity index (χ4v) is 1.75. The van der Waals surface area contributed by atoms with Crippen molar-refractivity contribution in [1.82, 2.24) is 14.8 Å². The van der Waals surface area contributed by atoms with Gasteiger partial charge in [0.05, 0.1) is 0 Å². The van der Waals surface area contributed by atoms with Crippen molar-refractivity contribution in [1.29, 1.82) is 0 Å². The summed E-state index contributed by atoms with van der Waals surface area (Å²) in [6.07, 6.45) is 3.69. The van der Waals surface area contributed by atoms with Crippen LogP contribution in [0.1, 0.15) is 19.2 Å². The first-order chi connectivity index (χ1) is 6.03. The SMILES string of the molecule is CCCn1cnnc1CS(C)(=O)=O. The van der Waals surface area contributed by atoms with Gasteiger partial charge < -0.3 is 4.57 Å². The first kappa shape index (κ1) is 10.2. The predicted molar refractivity (Wildman–Crippen MR) is 48.9 cm³/mol. The molecule has 0 aliphatic carbocycles. The van der Waals surface area contributed by atoms with Crippen molar-refractivity contribution >= 4 is 9.84 Å². The van der Waals surface area contributed by atoms with Gasteiger partial charge in [0.25, 0.3) is 0 Å². The van der Waals surface area contributed by atoms with E-state index in [0.717, 1.165) is 13.0 Å².